The molecule has 4 aromatic rings. The van der Waals surface area contributed by atoms with Gasteiger partial charge in [0.05, 0.1) is 5.69 Å². The minimum atomic E-state index is 1.04. The molecule has 0 unspecified atom stereocenters. The molecule has 0 aliphatic heterocycles. The molecule has 0 saturated heterocycles. The first kappa shape index (κ1) is 10.3. The van der Waals surface area contributed by atoms with Crippen LogP contribution in [0.1, 0.15) is 11.1 Å². The maximum atomic E-state index is 3.60. The average Bonchev–Trinajstić information content (AvgIpc) is 3.01. The van der Waals surface area contributed by atoms with Crippen LogP contribution in [0.2, 0.25) is 0 Å². The van der Waals surface area contributed by atoms with E-state index in [4.69, 9.17) is 0 Å². The monoisotopic (exact) mass is 255 g/mol. The van der Waals surface area contributed by atoms with Crippen molar-refractivity contribution >= 4 is 21.7 Å². The summed E-state index contributed by atoms with van der Waals surface area (Å²) in [5.74, 6) is 0. The Kier molecular flexibility index (Phi) is 1.80. The van der Waals surface area contributed by atoms with Crippen molar-refractivity contribution in [1.82, 2.24) is 4.98 Å². The molecule has 1 nitrogen and oxygen atoms in total. The zero-order valence-electron chi connectivity index (χ0n) is 11.0. The predicted octanol–water partition coefficient (Wildman–Crippen LogP) is 4.89. The number of aromatic nitrogens is 1. The second-order valence-electron chi connectivity index (χ2n) is 5.56. The maximum Gasteiger partial charge on any atom is 0.0503 e. The van der Waals surface area contributed by atoms with Gasteiger partial charge in [0, 0.05) is 22.9 Å². The highest BCUT2D eigenvalue weighted by atomic mass is 14.7. The fourth-order valence-electron chi connectivity index (χ4n) is 3.47. The number of hydrogen-bond donors (Lipinski definition) is 1. The first-order valence-electron chi connectivity index (χ1n) is 7.02. The molecule has 5 rings (SSSR count). The van der Waals surface area contributed by atoms with Crippen LogP contribution < -0.4 is 0 Å². The van der Waals surface area contributed by atoms with E-state index in [1.807, 2.05) is 0 Å². The summed E-state index contributed by atoms with van der Waals surface area (Å²) in [5, 5.41) is 4.02. The maximum absolute atomic E-state index is 3.60. The minimum absolute atomic E-state index is 1.04. The molecule has 0 amide bonds. The molecule has 0 fully saturated rings. The summed E-state index contributed by atoms with van der Waals surface area (Å²) in [4.78, 5) is 3.60. The van der Waals surface area contributed by atoms with E-state index in [1.54, 1.807) is 0 Å². The zero-order valence-corrected chi connectivity index (χ0v) is 11.0. The molecule has 0 spiro atoms. The van der Waals surface area contributed by atoms with E-state index in [-0.39, 0.29) is 0 Å². The van der Waals surface area contributed by atoms with Crippen molar-refractivity contribution in [2.45, 2.75) is 6.42 Å². The molecule has 0 saturated carbocycles. The quantitative estimate of drug-likeness (QED) is 0.405. The van der Waals surface area contributed by atoms with Gasteiger partial charge in [-0.25, -0.2) is 0 Å². The van der Waals surface area contributed by atoms with Crippen LogP contribution in [0, 0.1) is 0 Å². The SMILES string of the molecule is c1ccc2cc3c(cc2c1)Cc1c-3[nH]c2ccccc12. The number of fused-ring (bicyclic) bond motifs is 6. The Balaban J connectivity index is 1.87. The standard InChI is InChI=1S/C19H13N/c1-2-6-13-10-16-14(9-12(13)5-1)11-17-15-7-3-4-8-18(15)20-19(16)17/h1-10,20H,11H2. The van der Waals surface area contributed by atoms with Gasteiger partial charge in [-0.05, 0) is 34.0 Å². The topological polar surface area (TPSA) is 15.8 Å². The fourth-order valence-corrected chi connectivity index (χ4v) is 3.47. The van der Waals surface area contributed by atoms with E-state index in [0.29, 0.717) is 0 Å². The van der Waals surface area contributed by atoms with Gasteiger partial charge >= 0.3 is 0 Å². The van der Waals surface area contributed by atoms with Crippen molar-refractivity contribution in [1.29, 1.82) is 0 Å². The van der Waals surface area contributed by atoms with Crippen LogP contribution in [0.3, 0.4) is 0 Å². The van der Waals surface area contributed by atoms with Gasteiger partial charge in [0.1, 0.15) is 0 Å². The summed E-state index contributed by atoms with van der Waals surface area (Å²) in [6.45, 7) is 0. The molecule has 0 bridgehead atoms. The Labute approximate surface area is 116 Å². The largest absolute Gasteiger partial charge is 0.354 e. The van der Waals surface area contributed by atoms with Crippen LogP contribution in [0.15, 0.2) is 60.7 Å². The molecule has 1 aromatic heterocycles. The fraction of sp³-hybridized carbons (Fsp3) is 0.0526. The summed E-state index contributed by atoms with van der Waals surface area (Å²) in [6.07, 6.45) is 1.04. The van der Waals surface area contributed by atoms with E-state index in [2.05, 4.69) is 65.6 Å². The molecule has 0 radical (unpaired) electrons. The number of benzene rings is 3. The van der Waals surface area contributed by atoms with Crippen molar-refractivity contribution < 1.29 is 0 Å². The summed E-state index contributed by atoms with van der Waals surface area (Å²) in [5.41, 5.74) is 6.82. The first-order chi connectivity index (χ1) is 9.90. The van der Waals surface area contributed by atoms with Crippen molar-refractivity contribution in [3.63, 3.8) is 0 Å². The van der Waals surface area contributed by atoms with Crippen molar-refractivity contribution in [3.05, 3.63) is 71.8 Å². The molecule has 1 aliphatic carbocycles. The van der Waals surface area contributed by atoms with E-state index < -0.39 is 0 Å². The summed E-state index contributed by atoms with van der Waals surface area (Å²) < 4.78 is 0. The van der Waals surface area contributed by atoms with Crippen molar-refractivity contribution in [2.24, 2.45) is 0 Å². The summed E-state index contributed by atoms with van der Waals surface area (Å²) >= 11 is 0. The lowest BCUT2D eigenvalue weighted by molar-refractivity contribution is 1.29. The first-order valence-corrected chi connectivity index (χ1v) is 7.02. The van der Waals surface area contributed by atoms with Gasteiger partial charge in [-0.3, -0.25) is 0 Å². The van der Waals surface area contributed by atoms with Crippen LogP contribution >= 0.6 is 0 Å². The number of nitrogens with one attached hydrogen (secondary N) is 1. The molecule has 3 aromatic carbocycles. The average molecular weight is 255 g/mol. The highest BCUT2D eigenvalue weighted by Crippen LogP contribution is 2.41. The number of hydrogen-bond acceptors (Lipinski definition) is 0. The highest BCUT2D eigenvalue weighted by Gasteiger charge is 2.23. The molecule has 1 aliphatic rings. The van der Waals surface area contributed by atoms with E-state index in [0.717, 1.165) is 6.42 Å². The predicted molar refractivity (Wildman–Crippen MR) is 84.0 cm³/mol. The molecule has 94 valence electrons. The van der Waals surface area contributed by atoms with Crippen molar-refractivity contribution in [3.8, 4) is 11.3 Å². The van der Waals surface area contributed by atoms with Crippen LogP contribution in [-0.2, 0) is 6.42 Å². The van der Waals surface area contributed by atoms with Gasteiger partial charge in [-0.1, -0.05) is 48.5 Å². The van der Waals surface area contributed by atoms with Gasteiger partial charge in [-0.2, -0.15) is 0 Å². The lowest BCUT2D eigenvalue weighted by atomic mass is 10.0. The third-order valence-electron chi connectivity index (χ3n) is 4.42. The molecule has 1 heterocycles. The molecule has 1 N–H and O–H groups in total. The van der Waals surface area contributed by atoms with Gasteiger partial charge in [-0.15, -0.1) is 0 Å². The molecular formula is C19H13N. The highest BCUT2D eigenvalue weighted by molar-refractivity contribution is 5.98. The lowest BCUT2D eigenvalue weighted by Crippen LogP contribution is -1.83. The zero-order chi connectivity index (χ0) is 13.1. The van der Waals surface area contributed by atoms with E-state index in [9.17, 15) is 0 Å². The van der Waals surface area contributed by atoms with E-state index >= 15 is 0 Å². The third kappa shape index (κ3) is 1.22. The number of rotatable bonds is 0. The van der Waals surface area contributed by atoms with Gasteiger partial charge in [0.2, 0.25) is 0 Å². The summed E-state index contributed by atoms with van der Waals surface area (Å²) in [6, 6.07) is 21.9. The number of H-pyrrole nitrogens is 1. The third-order valence-corrected chi connectivity index (χ3v) is 4.42. The van der Waals surface area contributed by atoms with Gasteiger partial charge < -0.3 is 4.98 Å². The second kappa shape index (κ2) is 3.51. The van der Waals surface area contributed by atoms with Crippen LogP contribution in [0.5, 0.6) is 0 Å². The van der Waals surface area contributed by atoms with Crippen LogP contribution in [0.25, 0.3) is 32.9 Å². The van der Waals surface area contributed by atoms with E-state index in [1.165, 1.54) is 44.1 Å². The molecule has 1 heteroatoms. The summed E-state index contributed by atoms with van der Waals surface area (Å²) in [7, 11) is 0. The minimum Gasteiger partial charge on any atom is -0.354 e. The molecule has 20 heavy (non-hydrogen) atoms. The lowest BCUT2D eigenvalue weighted by Gasteiger charge is -2.04. The Morgan fingerprint density at radius 3 is 2.45 bits per heavy atom. The second-order valence-corrected chi connectivity index (χ2v) is 5.56. The Morgan fingerprint density at radius 2 is 1.55 bits per heavy atom. The smallest absolute Gasteiger partial charge is 0.0503 e. The van der Waals surface area contributed by atoms with Gasteiger partial charge in [0.25, 0.3) is 0 Å². The molecule has 0 atom stereocenters. The van der Waals surface area contributed by atoms with Gasteiger partial charge in [0.15, 0.2) is 0 Å². The Hall–Kier alpha value is -2.54. The molecular weight excluding hydrogens is 242 g/mol. The number of aromatic amines is 1. The Morgan fingerprint density at radius 1 is 0.800 bits per heavy atom. The van der Waals surface area contributed by atoms with Crippen LogP contribution in [0.4, 0.5) is 0 Å². The Bertz CT molecular complexity index is 976. The van der Waals surface area contributed by atoms with Crippen molar-refractivity contribution in [2.75, 3.05) is 0 Å². The number of para-hydroxylation sites is 1. The van der Waals surface area contributed by atoms with Crippen LogP contribution in [-0.4, -0.2) is 4.98 Å². The normalized spacial score (nSPS) is 12.8.